The highest BCUT2D eigenvalue weighted by molar-refractivity contribution is 5.48. The van der Waals surface area contributed by atoms with Gasteiger partial charge in [-0.15, -0.1) is 0 Å². The van der Waals surface area contributed by atoms with Crippen molar-refractivity contribution < 1.29 is 14.4 Å². The Morgan fingerprint density at radius 3 is 2.48 bits per heavy atom. The van der Waals surface area contributed by atoms with Crippen LogP contribution in [0.3, 0.4) is 0 Å². The lowest BCUT2D eigenvalue weighted by atomic mass is 10.2. The molecule has 2 aromatic rings. The van der Waals surface area contributed by atoms with Gasteiger partial charge in [0.1, 0.15) is 6.61 Å². The fourth-order valence-electron chi connectivity index (χ4n) is 2.74. The third-order valence-corrected chi connectivity index (χ3v) is 3.97. The maximum atomic E-state index is 11.0. The lowest BCUT2D eigenvalue weighted by Gasteiger charge is -2.16. The summed E-state index contributed by atoms with van der Waals surface area (Å²) in [6.07, 6.45) is 4.55. The van der Waals surface area contributed by atoms with Gasteiger partial charge < -0.3 is 9.47 Å². The summed E-state index contributed by atoms with van der Waals surface area (Å²) in [7, 11) is 0. The smallest absolute Gasteiger partial charge is 0.273 e. The second-order valence-corrected chi connectivity index (χ2v) is 5.69. The third kappa shape index (κ3) is 4.00. The first-order valence-electron chi connectivity index (χ1n) is 7.84. The predicted molar refractivity (Wildman–Crippen MR) is 86.8 cm³/mol. The van der Waals surface area contributed by atoms with E-state index in [2.05, 4.69) is 0 Å². The first-order valence-corrected chi connectivity index (χ1v) is 7.84. The van der Waals surface area contributed by atoms with E-state index >= 15 is 0 Å². The van der Waals surface area contributed by atoms with E-state index in [1.807, 2.05) is 30.3 Å². The minimum absolute atomic E-state index is 0.00633. The summed E-state index contributed by atoms with van der Waals surface area (Å²) in [5.41, 5.74) is 1.01. The highest BCUT2D eigenvalue weighted by Gasteiger charge is 2.20. The largest absolute Gasteiger partial charge is 0.487 e. The molecular weight excluding hydrogens is 294 g/mol. The standard InChI is InChI=1S/C18H19NO4/c20-19(21)15-10-11-17(23-16-8-4-5-9-16)18(12-15)22-13-14-6-2-1-3-7-14/h1-3,6-7,10-12,16H,4-5,8-9,13H2. The topological polar surface area (TPSA) is 61.6 Å². The van der Waals surface area contributed by atoms with Gasteiger partial charge in [0, 0.05) is 6.07 Å². The molecule has 0 aliphatic heterocycles. The number of ether oxygens (including phenoxy) is 2. The first kappa shape index (κ1) is 15.3. The highest BCUT2D eigenvalue weighted by Crippen LogP contribution is 2.35. The van der Waals surface area contributed by atoms with Crippen LogP contribution in [-0.4, -0.2) is 11.0 Å². The van der Waals surface area contributed by atoms with E-state index in [4.69, 9.17) is 9.47 Å². The van der Waals surface area contributed by atoms with Crippen LogP contribution < -0.4 is 9.47 Å². The van der Waals surface area contributed by atoms with Crippen molar-refractivity contribution in [3.05, 3.63) is 64.2 Å². The van der Waals surface area contributed by atoms with Gasteiger partial charge >= 0.3 is 0 Å². The van der Waals surface area contributed by atoms with Crippen molar-refractivity contribution in [1.29, 1.82) is 0 Å². The lowest BCUT2D eigenvalue weighted by molar-refractivity contribution is -0.385. The predicted octanol–water partition coefficient (Wildman–Crippen LogP) is 4.50. The second-order valence-electron chi connectivity index (χ2n) is 5.69. The lowest BCUT2D eigenvalue weighted by Crippen LogP contribution is -2.12. The summed E-state index contributed by atoms with van der Waals surface area (Å²) in [5.74, 6) is 1.01. The number of non-ortho nitro benzene ring substituents is 1. The van der Waals surface area contributed by atoms with Crippen LogP contribution in [-0.2, 0) is 6.61 Å². The van der Waals surface area contributed by atoms with Crippen LogP contribution in [0.15, 0.2) is 48.5 Å². The zero-order valence-corrected chi connectivity index (χ0v) is 12.8. The van der Waals surface area contributed by atoms with Gasteiger partial charge in [-0.1, -0.05) is 30.3 Å². The molecule has 1 aliphatic rings. The molecule has 0 aromatic heterocycles. The van der Waals surface area contributed by atoms with Crippen LogP contribution in [0.2, 0.25) is 0 Å². The molecule has 0 atom stereocenters. The van der Waals surface area contributed by atoms with Crippen LogP contribution in [0.4, 0.5) is 5.69 Å². The van der Waals surface area contributed by atoms with Crippen LogP contribution >= 0.6 is 0 Å². The van der Waals surface area contributed by atoms with Gasteiger partial charge in [0.25, 0.3) is 5.69 Å². The van der Waals surface area contributed by atoms with Crippen molar-refractivity contribution in [2.24, 2.45) is 0 Å². The molecule has 0 unspecified atom stereocenters. The molecule has 0 heterocycles. The van der Waals surface area contributed by atoms with Crippen molar-refractivity contribution in [2.75, 3.05) is 0 Å². The maximum Gasteiger partial charge on any atom is 0.273 e. The summed E-state index contributed by atoms with van der Waals surface area (Å²) in [4.78, 5) is 10.6. The molecule has 3 rings (SSSR count). The number of nitro groups is 1. The van der Waals surface area contributed by atoms with E-state index in [1.54, 1.807) is 6.07 Å². The normalized spacial score (nSPS) is 14.6. The van der Waals surface area contributed by atoms with E-state index in [1.165, 1.54) is 12.1 Å². The number of nitrogens with zero attached hydrogens (tertiary/aromatic N) is 1. The molecule has 0 bridgehead atoms. The summed E-state index contributed by atoms with van der Waals surface area (Å²) in [6, 6.07) is 14.2. The summed E-state index contributed by atoms with van der Waals surface area (Å²) in [5, 5.41) is 11.0. The molecular formula is C18H19NO4. The molecule has 120 valence electrons. The number of hydrogen-bond acceptors (Lipinski definition) is 4. The van der Waals surface area contributed by atoms with E-state index in [-0.39, 0.29) is 11.8 Å². The van der Waals surface area contributed by atoms with Crippen LogP contribution in [0.1, 0.15) is 31.2 Å². The average molecular weight is 313 g/mol. The molecule has 0 N–H and O–H groups in total. The Labute approximate surface area is 135 Å². The molecule has 0 spiro atoms. The molecule has 0 amide bonds. The number of rotatable bonds is 6. The average Bonchev–Trinajstić information content (AvgIpc) is 3.08. The van der Waals surface area contributed by atoms with Crippen molar-refractivity contribution in [3.8, 4) is 11.5 Å². The van der Waals surface area contributed by atoms with Gasteiger partial charge in [-0.25, -0.2) is 0 Å². The molecule has 1 saturated carbocycles. The Morgan fingerprint density at radius 1 is 1.04 bits per heavy atom. The Balaban J connectivity index is 1.78. The van der Waals surface area contributed by atoms with Crippen molar-refractivity contribution in [2.45, 2.75) is 38.4 Å². The Morgan fingerprint density at radius 2 is 1.78 bits per heavy atom. The van der Waals surface area contributed by atoms with Crippen molar-refractivity contribution >= 4 is 5.69 Å². The van der Waals surface area contributed by atoms with E-state index in [9.17, 15) is 10.1 Å². The van der Waals surface area contributed by atoms with Crippen molar-refractivity contribution in [3.63, 3.8) is 0 Å². The Hall–Kier alpha value is -2.56. The molecule has 2 aromatic carbocycles. The fourth-order valence-corrected chi connectivity index (χ4v) is 2.74. The molecule has 0 radical (unpaired) electrons. The van der Waals surface area contributed by atoms with Gasteiger partial charge in [0.05, 0.1) is 17.1 Å². The minimum atomic E-state index is -0.422. The first-order chi connectivity index (χ1) is 11.2. The highest BCUT2D eigenvalue weighted by atomic mass is 16.6. The zero-order chi connectivity index (χ0) is 16.1. The Bertz CT molecular complexity index is 666. The molecule has 5 nitrogen and oxygen atoms in total. The van der Waals surface area contributed by atoms with E-state index in [0.717, 1.165) is 31.2 Å². The van der Waals surface area contributed by atoms with Crippen LogP contribution in [0.5, 0.6) is 11.5 Å². The third-order valence-electron chi connectivity index (χ3n) is 3.97. The minimum Gasteiger partial charge on any atom is -0.487 e. The maximum absolute atomic E-state index is 11.0. The molecule has 0 saturated heterocycles. The van der Waals surface area contributed by atoms with Crippen LogP contribution in [0, 0.1) is 10.1 Å². The van der Waals surface area contributed by atoms with Gasteiger partial charge in [0.2, 0.25) is 0 Å². The second kappa shape index (κ2) is 7.13. The van der Waals surface area contributed by atoms with Gasteiger partial charge in [-0.3, -0.25) is 10.1 Å². The number of nitro benzene ring substituents is 1. The molecule has 1 fully saturated rings. The fraction of sp³-hybridized carbons (Fsp3) is 0.333. The summed E-state index contributed by atoms with van der Waals surface area (Å²) >= 11 is 0. The van der Waals surface area contributed by atoms with E-state index < -0.39 is 4.92 Å². The van der Waals surface area contributed by atoms with E-state index in [0.29, 0.717) is 18.1 Å². The zero-order valence-electron chi connectivity index (χ0n) is 12.8. The quantitative estimate of drug-likeness (QED) is 0.582. The Kier molecular flexibility index (Phi) is 4.76. The number of hydrogen-bond donors (Lipinski definition) is 0. The monoisotopic (exact) mass is 313 g/mol. The summed E-state index contributed by atoms with van der Waals surface area (Å²) < 4.78 is 11.8. The molecule has 5 heteroatoms. The molecule has 23 heavy (non-hydrogen) atoms. The molecule has 1 aliphatic carbocycles. The SMILES string of the molecule is O=[N+]([O-])c1ccc(OC2CCCC2)c(OCc2ccccc2)c1. The van der Waals surface area contributed by atoms with Gasteiger partial charge in [-0.2, -0.15) is 0 Å². The summed E-state index contributed by atoms with van der Waals surface area (Å²) in [6.45, 7) is 0.350. The van der Waals surface area contributed by atoms with Gasteiger partial charge in [0.15, 0.2) is 11.5 Å². The van der Waals surface area contributed by atoms with Crippen molar-refractivity contribution in [1.82, 2.24) is 0 Å². The van der Waals surface area contributed by atoms with Gasteiger partial charge in [-0.05, 0) is 37.3 Å². The number of benzene rings is 2. The van der Waals surface area contributed by atoms with Crippen LogP contribution in [0.25, 0.3) is 0 Å².